The van der Waals surface area contributed by atoms with Crippen molar-refractivity contribution in [3.8, 4) is 0 Å². The summed E-state index contributed by atoms with van der Waals surface area (Å²) in [4.78, 5) is 24.1. The fraction of sp³-hybridized carbons (Fsp3) is 0.810. The zero-order valence-corrected chi connectivity index (χ0v) is 15.8. The van der Waals surface area contributed by atoms with Crippen molar-refractivity contribution in [2.75, 3.05) is 0 Å². The van der Waals surface area contributed by atoms with Crippen LogP contribution in [-0.4, -0.2) is 39.7 Å². The summed E-state index contributed by atoms with van der Waals surface area (Å²) in [7, 11) is 0. The molecule has 144 valence electrons. The number of carbonyl (C=O) groups is 2. The molecule has 8 atom stereocenters. The van der Waals surface area contributed by atoms with E-state index in [0.717, 1.165) is 0 Å². The molecule has 4 aliphatic rings. The van der Waals surface area contributed by atoms with E-state index in [0.29, 0.717) is 37.7 Å². The van der Waals surface area contributed by atoms with E-state index in [9.17, 15) is 19.8 Å². The highest BCUT2D eigenvalue weighted by molar-refractivity contribution is 5.92. The molecular weight excluding hydrogens is 335 g/mol. The van der Waals surface area contributed by atoms with E-state index in [2.05, 4.69) is 0 Å². The number of fused-ring (bicyclic) bond motifs is 5. The minimum Gasteiger partial charge on any atom is -0.393 e. The summed E-state index contributed by atoms with van der Waals surface area (Å²) < 4.78 is 15.1. The average molecular weight is 364 g/mol. The molecule has 2 N–H and O–H groups in total. The number of hydrogen-bond acceptors (Lipinski definition) is 4. The van der Waals surface area contributed by atoms with Gasteiger partial charge in [-0.2, -0.15) is 0 Å². The van der Waals surface area contributed by atoms with Gasteiger partial charge in [0, 0.05) is 11.8 Å². The normalized spacial score (nSPS) is 53.4. The summed E-state index contributed by atoms with van der Waals surface area (Å²) in [6, 6.07) is 0. The van der Waals surface area contributed by atoms with Crippen LogP contribution >= 0.6 is 0 Å². The highest BCUT2D eigenvalue weighted by Gasteiger charge is 2.68. The fourth-order valence-corrected chi connectivity index (χ4v) is 7.28. The van der Waals surface area contributed by atoms with Gasteiger partial charge in [-0.25, -0.2) is 4.39 Å². The molecule has 0 heterocycles. The maximum absolute atomic E-state index is 15.1. The second kappa shape index (κ2) is 5.48. The van der Waals surface area contributed by atoms with Gasteiger partial charge in [0.25, 0.3) is 0 Å². The Morgan fingerprint density at radius 2 is 2.00 bits per heavy atom. The molecule has 0 aromatic rings. The zero-order chi connectivity index (χ0) is 19.1. The van der Waals surface area contributed by atoms with Crippen LogP contribution in [0.1, 0.15) is 59.3 Å². The van der Waals surface area contributed by atoms with E-state index in [-0.39, 0.29) is 35.7 Å². The van der Waals surface area contributed by atoms with Crippen LogP contribution < -0.4 is 0 Å². The second-order valence-corrected chi connectivity index (χ2v) is 9.63. The number of aliphatic hydroxyl groups is 2. The molecule has 0 aromatic carbocycles. The van der Waals surface area contributed by atoms with Crippen molar-refractivity contribution in [3.05, 3.63) is 11.6 Å². The number of alkyl halides is 1. The predicted octanol–water partition coefficient (Wildman–Crippen LogP) is 2.76. The molecule has 0 amide bonds. The molecule has 0 aromatic heterocycles. The molecule has 0 bridgehead atoms. The van der Waals surface area contributed by atoms with E-state index < -0.39 is 28.7 Å². The first-order chi connectivity index (χ1) is 12.0. The molecule has 0 spiro atoms. The molecule has 26 heavy (non-hydrogen) atoms. The van der Waals surface area contributed by atoms with Crippen LogP contribution in [0.15, 0.2) is 11.6 Å². The van der Waals surface area contributed by atoms with Gasteiger partial charge < -0.3 is 10.2 Å². The van der Waals surface area contributed by atoms with Gasteiger partial charge in [-0.15, -0.1) is 0 Å². The number of ketones is 2. The first kappa shape index (κ1) is 18.3. The Morgan fingerprint density at radius 3 is 2.65 bits per heavy atom. The van der Waals surface area contributed by atoms with Crippen LogP contribution in [0.2, 0.25) is 0 Å². The van der Waals surface area contributed by atoms with Gasteiger partial charge in [0.1, 0.15) is 11.8 Å². The molecule has 0 radical (unpaired) electrons. The van der Waals surface area contributed by atoms with E-state index in [1.165, 1.54) is 13.0 Å². The Kier molecular flexibility index (Phi) is 3.86. The lowest BCUT2D eigenvalue weighted by Gasteiger charge is -2.60. The van der Waals surface area contributed by atoms with Crippen LogP contribution in [0.3, 0.4) is 0 Å². The van der Waals surface area contributed by atoms with E-state index in [1.54, 1.807) is 0 Å². The first-order valence-corrected chi connectivity index (χ1v) is 9.85. The number of allylic oxidation sites excluding steroid dienone is 1. The lowest BCUT2D eigenvalue weighted by atomic mass is 9.45. The second-order valence-electron chi connectivity index (χ2n) is 9.63. The predicted molar refractivity (Wildman–Crippen MR) is 94.0 cm³/mol. The van der Waals surface area contributed by atoms with E-state index >= 15 is 4.39 Å². The standard InChI is InChI=1S/C21H29FO4/c1-11(23)21(26)7-5-14-13-9-16(22)15-8-12(24)4-6-19(15,2)18(13)17(25)10-20(14,21)3/h8,13-14,16-18,25-26H,4-7,9-10H2,1-3H3/t13-,14-,16-,17-,18?,19-,20-,21-/m0/s1. The monoisotopic (exact) mass is 364 g/mol. The van der Waals surface area contributed by atoms with Crippen LogP contribution in [0.5, 0.6) is 0 Å². The molecular formula is C21H29FO4. The summed E-state index contributed by atoms with van der Waals surface area (Å²) in [5.41, 5.74) is -2.12. The van der Waals surface area contributed by atoms with Gasteiger partial charge in [-0.05, 0) is 73.8 Å². The van der Waals surface area contributed by atoms with Gasteiger partial charge in [0.2, 0.25) is 0 Å². The van der Waals surface area contributed by atoms with Crippen LogP contribution in [0, 0.1) is 28.6 Å². The van der Waals surface area contributed by atoms with Crippen molar-refractivity contribution in [1.29, 1.82) is 0 Å². The number of carbonyl (C=O) groups excluding carboxylic acids is 2. The van der Waals surface area contributed by atoms with Crippen molar-refractivity contribution in [1.82, 2.24) is 0 Å². The maximum atomic E-state index is 15.1. The van der Waals surface area contributed by atoms with E-state index in [1.807, 2.05) is 13.8 Å². The van der Waals surface area contributed by atoms with Crippen molar-refractivity contribution in [3.63, 3.8) is 0 Å². The largest absolute Gasteiger partial charge is 0.393 e. The number of aliphatic hydroxyl groups excluding tert-OH is 1. The summed E-state index contributed by atoms with van der Waals surface area (Å²) in [5, 5.41) is 22.2. The van der Waals surface area contributed by atoms with Gasteiger partial charge in [0.05, 0.1) is 6.10 Å². The quantitative estimate of drug-likeness (QED) is 0.750. The van der Waals surface area contributed by atoms with Crippen LogP contribution in [0.4, 0.5) is 4.39 Å². The molecule has 3 fully saturated rings. The Bertz CT molecular complexity index is 702. The van der Waals surface area contributed by atoms with Gasteiger partial charge in [0.15, 0.2) is 11.6 Å². The van der Waals surface area contributed by atoms with Crippen molar-refractivity contribution in [2.24, 2.45) is 28.6 Å². The maximum Gasteiger partial charge on any atom is 0.161 e. The van der Waals surface area contributed by atoms with Crippen LogP contribution in [-0.2, 0) is 9.59 Å². The van der Waals surface area contributed by atoms with Crippen molar-refractivity contribution < 1.29 is 24.2 Å². The lowest BCUT2D eigenvalue weighted by Crippen LogP contribution is -2.62. The lowest BCUT2D eigenvalue weighted by molar-refractivity contribution is -0.182. The Hall–Kier alpha value is -1.07. The minimum atomic E-state index is -1.44. The van der Waals surface area contributed by atoms with Gasteiger partial charge in [-0.3, -0.25) is 9.59 Å². The van der Waals surface area contributed by atoms with Crippen molar-refractivity contribution >= 4 is 11.6 Å². The average Bonchev–Trinajstić information content (AvgIpc) is 2.81. The number of Topliss-reactive ketones (excluding diaryl/α,β-unsaturated/α-hetero) is 1. The molecule has 1 unspecified atom stereocenters. The Labute approximate surface area is 153 Å². The molecule has 3 saturated carbocycles. The molecule has 0 saturated heterocycles. The van der Waals surface area contributed by atoms with E-state index in [4.69, 9.17) is 0 Å². The first-order valence-electron chi connectivity index (χ1n) is 9.85. The number of halogens is 1. The van der Waals surface area contributed by atoms with Crippen molar-refractivity contribution in [2.45, 2.75) is 77.2 Å². The molecule has 4 rings (SSSR count). The molecule has 4 aliphatic carbocycles. The molecule has 4 nitrogen and oxygen atoms in total. The summed E-state index contributed by atoms with van der Waals surface area (Å²) in [6.07, 6.45) is 2.22. The third-order valence-electron chi connectivity index (χ3n) is 8.61. The van der Waals surface area contributed by atoms with Gasteiger partial charge in [-0.1, -0.05) is 13.8 Å². The number of hydrogen-bond donors (Lipinski definition) is 2. The highest BCUT2D eigenvalue weighted by atomic mass is 19.1. The fourth-order valence-electron chi connectivity index (χ4n) is 7.28. The smallest absolute Gasteiger partial charge is 0.161 e. The third kappa shape index (κ3) is 2.07. The van der Waals surface area contributed by atoms with Gasteiger partial charge >= 0.3 is 0 Å². The Balaban J connectivity index is 1.79. The summed E-state index contributed by atoms with van der Waals surface area (Å²) >= 11 is 0. The van der Waals surface area contributed by atoms with Crippen LogP contribution in [0.25, 0.3) is 0 Å². The summed E-state index contributed by atoms with van der Waals surface area (Å²) in [6.45, 7) is 5.31. The number of rotatable bonds is 1. The third-order valence-corrected chi connectivity index (χ3v) is 8.61. The topological polar surface area (TPSA) is 74.6 Å². The zero-order valence-electron chi connectivity index (χ0n) is 15.8. The SMILES string of the molecule is CC(=O)[C@@]1(O)CC[C@H]2[C@@H]3C[C@H](F)C4=CC(=O)CC[C@]4(C)C3[C@@H](O)C[C@@]21C. The molecule has 5 heteroatoms. The Morgan fingerprint density at radius 1 is 1.31 bits per heavy atom. The highest BCUT2D eigenvalue weighted by Crippen LogP contribution is 2.67. The molecule has 0 aliphatic heterocycles. The summed E-state index contributed by atoms with van der Waals surface area (Å²) in [5.74, 6) is -0.473. The minimum absolute atomic E-state index is 0.0130.